The summed E-state index contributed by atoms with van der Waals surface area (Å²) in [6.07, 6.45) is -4.63. The molecule has 0 radical (unpaired) electrons. The first kappa shape index (κ1) is 23.3. The van der Waals surface area contributed by atoms with Crippen LogP contribution in [-0.2, 0) is 9.59 Å². The first-order chi connectivity index (χ1) is 14.7. The Bertz CT molecular complexity index is 1120. The van der Waals surface area contributed by atoms with Crippen LogP contribution in [0.25, 0.3) is 11.1 Å². The predicted molar refractivity (Wildman–Crippen MR) is 90.9 cm³/mol. The van der Waals surface area contributed by atoms with Crippen LogP contribution in [0, 0.1) is 40.8 Å². The third-order valence-corrected chi connectivity index (χ3v) is 4.66. The zero-order valence-corrected chi connectivity index (χ0v) is 16.0. The molecule has 0 saturated carbocycles. The number of carbonyl (C=O) groups excluding carboxylic acids is 1. The number of hydrogen-bond donors (Lipinski definition) is 1. The monoisotopic (exact) mass is 469 g/mol. The molecule has 5 nitrogen and oxygen atoms in total. The van der Waals surface area contributed by atoms with Crippen molar-refractivity contribution in [3.05, 3.63) is 47.0 Å². The maximum atomic E-state index is 14.6. The molecule has 0 aliphatic carbocycles. The van der Waals surface area contributed by atoms with Crippen LogP contribution < -0.4 is 9.64 Å². The van der Waals surface area contributed by atoms with Crippen LogP contribution in [0.3, 0.4) is 0 Å². The molecule has 1 aliphatic heterocycles. The van der Waals surface area contributed by atoms with Gasteiger partial charge in [0.2, 0.25) is 5.82 Å². The fourth-order valence-corrected chi connectivity index (χ4v) is 3.25. The first-order valence-corrected chi connectivity index (χ1v) is 8.69. The van der Waals surface area contributed by atoms with Gasteiger partial charge in [0, 0.05) is 11.6 Å². The van der Waals surface area contributed by atoms with Crippen LogP contribution in [-0.4, -0.2) is 29.1 Å². The number of ether oxygens (including phenoxy) is 1. The molecule has 0 bridgehead atoms. The van der Waals surface area contributed by atoms with Gasteiger partial charge in [-0.15, -0.1) is 0 Å². The van der Waals surface area contributed by atoms with Crippen LogP contribution in [0.1, 0.15) is 13.8 Å². The Hall–Kier alpha value is -3.38. The summed E-state index contributed by atoms with van der Waals surface area (Å²) in [6, 6.07) is -1.56. The molecule has 0 aromatic heterocycles. The average molecular weight is 469 g/mol. The van der Waals surface area contributed by atoms with Crippen molar-refractivity contribution in [2.24, 2.45) is 5.92 Å². The summed E-state index contributed by atoms with van der Waals surface area (Å²) >= 11 is 0. The molecule has 2 aromatic rings. The third-order valence-electron chi connectivity index (χ3n) is 4.66. The molecule has 1 aliphatic rings. The number of alkyl halides is 2. The highest BCUT2D eigenvalue weighted by Crippen LogP contribution is 2.45. The zero-order chi connectivity index (χ0) is 24.3. The Morgan fingerprint density at radius 1 is 0.969 bits per heavy atom. The van der Waals surface area contributed by atoms with Gasteiger partial charge in [-0.1, -0.05) is 13.8 Å². The van der Waals surface area contributed by atoms with Crippen LogP contribution in [0.2, 0.25) is 0 Å². The molecule has 1 amide bonds. The normalized spacial score (nSPS) is 16.1. The van der Waals surface area contributed by atoms with Crippen LogP contribution in [0.4, 0.5) is 40.8 Å². The SMILES string of the molecule is CC(C)C(C(=O)O)N1C(=O)C(F)(F)Oc2cc(F)c(-c3c(F)c(F)c(F)c(F)c3F)cc21. The minimum absolute atomic E-state index is 0.0147. The van der Waals surface area contributed by atoms with Gasteiger partial charge in [0.15, 0.2) is 29.0 Å². The van der Waals surface area contributed by atoms with Gasteiger partial charge in [0.05, 0.1) is 11.3 Å². The van der Waals surface area contributed by atoms with Gasteiger partial charge in [-0.3, -0.25) is 9.69 Å². The number of carbonyl (C=O) groups is 2. The Morgan fingerprint density at radius 2 is 1.47 bits per heavy atom. The van der Waals surface area contributed by atoms with Crippen molar-refractivity contribution in [3.63, 3.8) is 0 Å². The van der Waals surface area contributed by atoms with E-state index in [-0.39, 0.29) is 11.0 Å². The standard InChI is InChI=1S/C19H11F8NO4/c1-5(2)16(17(29)30)28-8-3-6(7(20)4-9(8)32-19(26,27)18(28)31)10-11(21)13(23)15(25)14(24)12(10)22/h3-5,16H,1-2H3,(H,29,30). The van der Waals surface area contributed by atoms with E-state index in [4.69, 9.17) is 0 Å². The number of hydrogen-bond acceptors (Lipinski definition) is 3. The lowest BCUT2D eigenvalue weighted by molar-refractivity contribution is -0.194. The molecular formula is C19H11F8NO4. The summed E-state index contributed by atoms with van der Waals surface area (Å²) in [7, 11) is 0. The third kappa shape index (κ3) is 3.41. The lowest BCUT2D eigenvalue weighted by Gasteiger charge is -2.38. The molecule has 1 heterocycles. The second-order valence-electron chi connectivity index (χ2n) is 7.07. The number of amides is 1. The number of rotatable bonds is 4. The van der Waals surface area contributed by atoms with E-state index in [0.29, 0.717) is 6.07 Å². The maximum absolute atomic E-state index is 14.6. The largest absolute Gasteiger partial charge is 0.483 e. The van der Waals surface area contributed by atoms with E-state index >= 15 is 0 Å². The van der Waals surface area contributed by atoms with Gasteiger partial charge in [-0.25, -0.2) is 31.1 Å². The molecule has 3 rings (SSSR count). The first-order valence-electron chi connectivity index (χ1n) is 8.69. The Morgan fingerprint density at radius 3 is 1.94 bits per heavy atom. The number of halogens is 8. The van der Waals surface area contributed by atoms with Crippen LogP contribution >= 0.6 is 0 Å². The van der Waals surface area contributed by atoms with E-state index in [1.807, 2.05) is 0 Å². The van der Waals surface area contributed by atoms with Crippen molar-refractivity contribution in [2.75, 3.05) is 4.90 Å². The highest BCUT2D eigenvalue weighted by Gasteiger charge is 2.54. The average Bonchev–Trinajstić information content (AvgIpc) is 2.68. The fraction of sp³-hybridized carbons (Fsp3) is 0.263. The number of fused-ring (bicyclic) bond motifs is 1. The van der Waals surface area contributed by atoms with Crippen molar-refractivity contribution < 1.29 is 54.6 Å². The maximum Gasteiger partial charge on any atom is 0.483 e. The number of nitrogens with zero attached hydrogens (tertiary/aromatic N) is 1. The fourth-order valence-electron chi connectivity index (χ4n) is 3.25. The summed E-state index contributed by atoms with van der Waals surface area (Å²) in [5.74, 6) is -20.0. The molecule has 0 saturated heterocycles. The number of benzene rings is 2. The number of anilines is 1. The Labute approximate surface area is 173 Å². The molecule has 172 valence electrons. The highest BCUT2D eigenvalue weighted by atomic mass is 19.3. The van der Waals surface area contributed by atoms with Gasteiger partial charge in [-0.2, -0.15) is 8.78 Å². The summed E-state index contributed by atoms with van der Waals surface area (Å²) in [5.41, 5.74) is -3.93. The van der Waals surface area contributed by atoms with Gasteiger partial charge >= 0.3 is 18.0 Å². The topological polar surface area (TPSA) is 66.8 Å². The number of carboxylic acid groups (broad SMARTS) is 1. The molecule has 0 fully saturated rings. The summed E-state index contributed by atoms with van der Waals surface area (Å²) in [5, 5.41) is 9.43. The van der Waals surface area contributed by atoms with Gasteiger partial charge in [-0.05, 0) is 12.0 Å². The minimum Gasteiger partial charge on any atom is -0.480 e. The molecule has 1 unspecified atom stereocenters. The van der Waals surface area contributed by atoms with Gasteiger partial charge in [0.1, 0.15) is 11.9 Å². The Balaban J connectivity index is 2.37. The predicted octanol–water partition coefficient (Wildman–Crippen LogP) is 4.62. The number of carboxylic acids is 1. The lowest BCUT2D eigenvalue weighted by Crippen LogP contribution is -2.58. The van der Waals surface area contributed by atoms with E-state index in [9.17, 15) is 49.8 Å². The van der Waals surface area contributed by atoms with E-state index in [1.165, 1.54) is 13.8 Å². The smallest absolute Gasteiger partial charge is 0.480 e. The Kier molecular flexibility index (Phi) is 5.56. The van der Waals surface area contributed by atoms with E-state index < -0.39 is 87.4 Å². The molecule has 32 heavy (non-hydrogen) atoms. The minimum atomic E-state index is -4.63. The van der Waals surface area contributed by atoms with Crippen molar-refractivity contribution >= 4 is 17.6 Å². The van der Waals surface area contributed by atoms with Crippen molar-refractivity contribution in [2.45, 2.75) is 26.0 Å². The summed E-state index contributed by atoms with van der Waals surface area (Å²) < 4.78 is 116. The van der Waals surface area contributed by atoms with Crippen molar-refractivity contribution in [3.8, 4) is 16.9 Å². The van der Waals surface area contributed by atoms with Gasteiger partial charge in [0.25, 0.3) is 0 Å². The molecule has 1 atom stereocenters. The zero-order valence-electron chi connectivity index (χ0n) is 16.0. The molecule has 2 aromatic carbocycles. The quantitative estimate of drug-likeness (QED) is 0.404. The molecule has 0 spiro atoms. The highest BCUT2D eigenvalue weighted by molar-refractivity contribution is 6.05. The van der Waals surface area contributed by atoms with E-state index in [1.54, 1.807) is 0 Å². The second-order valence-corrected chi connectivity index (χ2v) is 7.07. The van der Waals surface area contributed by atoms with Crippen LogP contribution in [0.15, 0.2) is 12.1 Å². The van der Waals surface area contributed by atoms with E-state index in [0.717, 1.165) is 0 Å². The van der Waals surface area contributed by atoms with Crippen LogP contribution in [0.5, 0.6) is 5.75 Å². The molecular weight excluding hydrogens is 458 g/mol. The summed E-state index contributed by atoms with van der Waals surface area (Å²) in [4.78, 5) is 23.9. The lowest BCUT2D eigenvalue weighted by atomic mass is 9.97. The van der Waals surface area contributed by atoms with Crippen molar-refractivity contribution in [1.82, 2.24) is 0 Å². The molecule has 13 heteroatoms. The molecule has 1 N–H and O–H groups in total. The second kappa shape index (κ2) is 7.64. The summed E-state index contributed by atoms with van der Waals surface area (Å²) in [6.45, 7) is 2.49. The van der Waals surface area contributed by atoms with Gasteiger partial charge < -0.3 is 9.84 Å². The van der Waals surface area contributed by atoms with Crippen molar-refractivity contribution in [1.29, 1.82) is 0 Å². The number of aliphatic carboxylic acids is 1. The van der Waals surface area contributed by atoms with E-state index in [2.05, 4.69) is 4.74 Å².